The molecule has 1 aliphatic rings. The summed E-state index contributed by atoms with van der Waals surface area (Å²) in [5, 5.41) is 8.20. The number of rotatable bonds is 7. The molecule has 0 heterocycles. The number of aryl methyl sites for hydroxylation is 2. The molecule has 2 rings (SSSR count). The van der Waals surface area contributed by atoms with Gasteiger partial charge in [-0.25, -0.2) is 0 Å². The Balaban J connectivity index is 0.00000139. The van der Waals surface area contributed by atoms with Gasteiger partial charge >= 0.3 is 0 Å². The summed E-state index contributed by atoms with van der Waals surface area (Å²) in [5.74, 6) is 0.673. The normalized spacial score (nSPS) is 16.6. The third kappa shape index (κ3) is 6.86. The van der Waals surface area contributed by atoms with E-state index < -0.39 is 0 Å². The predicted molar refractivity (Wildman–Crippen MR) is 108 cm³/mol. The SMILES string of the molecule is CC.CC1=CC(CC(=N)CCCCc2ccccc2C)=CCC1C. The van der Waals surface area contributed by atoms with Crippen LogP contribution < -0.4 is 0 Å². The maximum Gasteiger partial charge on any atom is 0.0133 e. The quantitative estimate of drug-likeness (QED) is 0.410. The summed E-state index contributed by atoms with van der Waals surface area (Å²) in [6.07, 6.45) is 11.0. The van der Waals surface area contributed by atoms with Crippen molar-refractivity contribution in [3.63, 3.8) is 0 Å². The highest BCUT2D eigenvalue weighted by molar-refractivity contribution is 5.84. The predicted octanol–water partition coefficient (Wildman–Crippen LogP) is 7.06. The van der Waals surface area contributed by atoms with Gasteiger partial charge in [0.1, 0.15) is 0 Å². The zero-order valence-electron chi connectivity index (χ0n) is 16.3. The van der Waals surface area contributed by atoms with Gasteiger partial charge in [-0.2, -0.15) is 0 Å². The zero-order chi connectivity index (χ0) is 17.9. The highest BCUT2D eigenvalue weighted by Crippen LogP contribution is 2.25. The number of nitrogens with one attached hydrogen (secondary N) is 1. The zero-order valence-corrected chi connectivity index (χ0v) is 16.3. The van der Waals surface area contributed by atoms with E-state index in [4.69, 9.17) is 5.41 Å². The van der Waals surface area contributed by atoms with Crippen molar-refractivity contribution in [1.82, 2.24) is 0 Å². The maximum absolute atomic E-state index is 8.20. The molecule has 1 aliphatic carbocycles. The molecule has 0 bridgehead atoms. The van der Waals surface area contributed by atoms with Crippen LogP contribution in [0.25, 0.3) is 0 Å². The van der Waals surface area contributed by atoms with Crippen LogP contribution in [0.4, 0.5) is 0 Å². The highest BCUT2D eigenvalue weighted by Gasteiger charge is 2.10. The molecular weight excluding hydrogens is 290 g/mol. The summed E-state index contributed by atoms with van der Waals surface area (Å²) in [5.41, 5.74) is 6.54. The van der Waals surface area contributed by atoms with Crippen molar-refractivity contribution in [1.29, 1.82) is 5.41 Å². The average Bonchev–Trinajstić information content (AvgIpc) is 2.58. The first-order valence-electron chi connectivity index (χ1n) is 9.54. The topological polar surface area (TPSA) is 23.9 Å². The van der Waals surface area contributed by atoms with Gasteiger partial charge < -0.3 is 5.41 Å². The van der Waals surface area contributed by atoms with Crippen molar-refractivity contribution >= 4 is 5.71 Å². The second-order valence-corrected chi connectivity index (χ2v) is 6.72. The number of allylic oxidation sites excluding steroid dienone is 4. The number of hydrogen-bond acceptors (Lipinski definition) is 1. The molecule has 24 heavy (non-hydrogen) atoms. The Labute approximate surface area is 149 Å². The van der Waals surface area contributed by atoms with Crippen molar-refractivity contribution < 1.29 is 0 Å². The van der Waals surface area contributed by atoms with Crippen molar-refractivity contribution in [2.75, 3.05) is 0 Å². The largest absolute Gasteiger partial charge is 0.309 e. The number of unbranched alkanes of at least 4 members (excludes halogenated alkanes) is 1. The average molecular weight is 326 g/mol. The molecule has 0 aliphatic heterocycles. The molecule has 1 N–H and O–H groups in total. The standard InChI is InChI=1S/C21H29N.C2H6/c1-16-12-13-19(14-18(16)3)15-21(22)11-7-6-10-20-9-5-4-8-17(20)2;1-2/h4-5,8-9,13-14,16,22H,6-7,10-12,15H2,1-3H3;1-2H3. The fourth-order valence-corrected chi connectivity index (χ4v) is 3.01. The summed E-state index contributed by atoms with van der Waals surface area (Å²) >= 11 is 0. The Morgan fingerprint density at radius 1 is 1.12 bits per heavy atom. The lowest BCUT2D eigenvalue weighted by Crippen LogP contribution is -2.05. The monoisotopic (exact) mass is 325 g/mol. The minimum atomic E-state index is 0.673. The van der Waals surface area contributed by atoms with Crippen LogP contribution in [0.3, 0.4) is 0 Å². The Morgan fingerprint density at radius 3 is 2.50 bits per heavy atom. The van der Waals surface area contributed by atoms with Crippen molar-refractivity contribution in [3.8, 4) is 0 Å². The van der Waals surface area contributed by atoms with Gasteiger partial charge in [0.25, 0.3) is 0 Å². The Hall–Kier alpha value is -1.63. The van der Waals surface area contributed by atoms with E-state index in [2.05, 4.69) is 57.2 Å². The van der Waals surface area contributed by atoms with Crippen LogP contribution in [0.5, 0.6) is 0 Å². The maximum atomic E-state index is 8.20. The molecule has 0 saturated carbocycles. The Bertz CT molecular complexity index is 577. The van der Waals surface area contributed by atoms with Crippen LogP contribution in [-0.4, -0.2) is 5.71 Å². The van der Waals surface area contributed by atoms with Crippen LogP contribution in [-0.2, 0) is 6.42 Å². The fourth-order valence-electron chi connectivity index (χ4n) is 3.01. The molecule has 0 amide bonds. The third-order valence-corrected chi connectivity index (χ3v) is 4.78. The van der Waals surface area contributed by atoms with E-state index in [0.717, 1.165) is 37.8 Å². The molecule has 132 valence electrons. The molecule has 1 atom stereocenters. The van der Waals surface area contributed by atoms with Crippen LogP contribution in [0.1, 0.15) is 70.9 Å². The van der Waals surface area contributed by atoms with Gasteiger partial charge in [-0.05, 0) is 68.6 Å². The fraction of sp³-hybridized carbons (Fsp3) is 0.522. The van der Waals surface area contributed by atoms with Gasteiger partial charge in [-0.3, -0.25) is 0 Å². The molecule has 0 spiro atoms. The number of hydrogen-bond donors (Lipinski definition) is 1. The second kappa shape index (κ2) is 11.0. The van der Waals surface area contributed by atoms with Crippen LogP contribution in [0, 0.1) is 18.3 Å². The summed E-state index contributed by atoms with van der Waals surface area (Å²) in [7, 11) is 0. The molecule has 1 aromatic carbocycles. The van der Waals surface area contributed by atoms with E-state index in [1.807, 2.05) is 13.8 Å². The molecule has 0 saturated heterocycles. The smallest absolute Gasteiger partial charge is 0.0133 e. The number of benzene rings is 1. The van der Waals surface area contributed by atoms with Gasteiger partial charge in [0.2, 0.25) is 0 Å². The van der Waals surface area contributed by atoms with Gasteiger partial charge in [0.15, 0.2) is 0 Å². The molecule has 1 nitrogen and oxygen atoms in total. The summed E-state index contributed by atoms with van der Waals surface area (Å²) in [6, 6.07) is 8.63. The van der Waals surface area contributed by atoms with E-state index in [-0.39, 0.29) is 0 Å². The van der Waals surface area contributed by atoms with E-state index >= 15 is 0 Å². The molecule has 0 radical (unpaired) electrons. The summed E-state index contributed by atoms with van der Waals surface area (Å²) < 4.78 is 0. The molecule has 0 fully saturated rings. The van der Waals surface area contributed by atoms with E-state index in [9.17, 15) is 0 Å². The summed E-state index contributed by atoms with van der Waals surface area (Å²) in [6.45, 7) is 10.7. The molecule has 1 heteroatoms. The van der Waals surface area contributed by atoms with Gasteiger partial charge in [-0.1, -0.05) is 62.8 Å². The van der Waals surface area contributed by atoms with Gasteiger partial charge in [0.05, 0.1) is 0 Å². The Kier molecular flexibility index (Phi) is 9.37. The first-order chi connectivity index (χ1) is 11.6. The van der Waals surface area contributed by atoms with Gasteiger partial charge in [0, 0.05) is 12.1 Å². The van der Waals surface area contributed by atoms with E-state index in [0.29, 0.717) is 5.92 Å². The second-order valence-electron chi connectivity index (χ2n) is 6.72. The third-order valence-electron chi connectivity index (χ3n) is 4.78. The van der Waals surface area contributed by atoms with Crippen molar-refractivity contribution in [3.05, 3.63) is 58.7 Å². The first-order valence-corrected chi connectivity index (χ1v) is 9.54. The molecule has 1 unspecified atom stereocenters. The van der Waals surface area contributed by atoms with Crippen LogP contribution in [0.15, 0.2) is 47.6 Å². The van der Waals surface area contributed by atoms with Crippen molar-refractivity contribution in [2.45, 2.75) is 73.1 Å². The minimum absolute atomic E-state index is 0.673. The molecule has 1 aromatic rings. The minimum Gasteiger partial charge on any atom is -0.309 e. The molecular formula is C23H35N. The lowest BCUT2D eigenvalue weighted by atomic mass is 9.89. The lowest BCUT2D eigenvalue weighted by molar-refractivity contribution is 0.679. The highest BCUT2D eigenvalue weighted by atomic mass is 14.4. The molecule has 0 aromatic heterocycles. The lowest BCUT2D eigenvalue weighted by Gasteiger charge is -2.17. The first kappa shape index (κ1) is 20.4. The van der Waals surface area contributed by atoms with Gasteiger partial charge in [-0.15, -0.1) is 0 Å². The van der Waals surface area contributed by atoms with Crippen molar-refractivity contribution in [2.24, 2.45) is 5.92 Å². The van der Waals surface area contributed by atoms with Crippen LogP contribution in [0.2, 0.25) is 0 Å². The van der Waals surface area contributed by atoms with E-state index in [1.54, 1.807) is 0 Å². The van der Waals surface area contributed by atoms with Crippen LogP contribution >= 0.6 is 0 Å². The van der Waals surface area contributed by atoms with E-state index in [1.165, 1.54) is 28.7 Å². The summed E-state index contributed by atoms with van der Waals surface area (Å²) in [4.78, 5) is 0. The Morgan fingerprint density at radius 2 is 1.83 bits per heavy atom.